The van der Waals surface area contributed by atoms with E-state index in [4.69, 9.17) is 0 Å². The van der Waals surface area contributed by atoms with Crippen LogP contribution >= 0.6 is 0 Å². The van der Waals surface area contributed by atoms with Crippen LogP contribution in [0.5, 0.6) is 0 Å². The smallest absolute Gasteiger partial charge is 0.177 e. The minimum absolute atomic E-state index is 0.115. The lowest BCUT2D eigenvalue weighted by molar-refractivity contribution is -0.110. The molecule has 0 heterocycles. The van der Waals surface area contributed by atoms with E-state index in [2.05, 4.69) is 13.8 Å². The van der Waals surface area contributed by atoms with Crippen molar-refractivity contribution in [3.05, 3.63) is 24.3 Å². The number of carbonyl (C=O) groups is 1. The SMILES string of the molecule is CCC/C=C/C(=O)/C=C\CCCC. The molecule has 0 rings (SSSR count). The third-order valence-corrected chi connectivity index (χ3v) is 1.74. The van der Waals surface area contributed by atoms with Crippen LogP contribution in [0.15, 0.2) is 24.3 Å². The van der Waals surface area contributed by atoms with Gasteiger partial charge in [-0.15, -0.1) is 0 Å². The van der Waals surface area contributed by atoms with Crippen LogP contribution in [0.2, 0.25) is 0 Å². The van der Waals surface area contributed by atoms with Gasteiger partial charge in [0.2, 0.25) is 0 Å². The minimum atomic E-state index is 0.115. The van der Waals surface area contributed by atoms with Gasteiger partial charge < -0.3 is 0 Å². The highest BCUT2D eigenvalue weighted by atomic mass is 16.1. The summed E-state index contributed by atoms with van der Waals surface area (Å²) >= 11 is 0. The number of carbonyl (C=O) groups excluding carboxylic acids is 1. The fourth-order valence-corrected chi connectivity index (χ4v) is 0.943. The molecule has 0 saturated heterocycles. The molecule has 0 aromatic carbocycles. The Balaban J connectivity index is 3.54. The van der Waals surface area contributed by atoms with Crippen molar-refractivity contribution >= 4 is 5.78 Å². The molecule has 0 spiro atoms. The van der Waals surface area contributed by atoms with Crippen molar-refractivity contribution in [2.75, 3.05) is 0 Å². The van der Waals surface area contributed by atoms with Gasteiger partial charge in [0.25, 0.3) is 0 Å². The molecule has 0 radical (unpaired) electrons. The molecule has 0 aliphatic carbocycles. The number of ketones is 1. The summed E-state index contributed by atoms with van der Waals surface area (Å²) < 4.78 is 0. The molecule has 0 N–H and O–H groups in total. The summed E-state index contributed by atoms with van der Waals surface area (Å²) in [4.78, 5) is 11.1. The summed E-state index contributed by atoms with van der Waals surface area (Å²) in [6, 6.07) is 0. The largest absolute Gasteiger partial charge is 0.290 e. The maximum Gasteiger partial charge on any atom is 0.177 e. The van der Waals surface area contributed by atoms with Crippen LogP contribution in [0, 0.1) is 0 Å². The predicted molar refractivity (Wildman–Crippen MR) is 57.7 cm³/mol. The second kappa shape index (κ2) is 9.24. The summed E-state index contributed by atoms with van der Waals surface area (Å²) in [7, 11) is 0. The fourth-order valence-electron chi connectivity index (χ4n) is 0.943. The van der Waals surface area contributed by atoms with Crippen molar-refractivity contribution in [3.8, 4) is 0 Å². The predicted octanol–water partition coefficient (Wildman–Crippen LogP) is 3.66. The molecule has 1 heteroatoms. The van der Waals surface area contributed by atoms with Crippen molar-refractivity contribution < 1.29 is 4.79 Å². The van der Waals surface area contributed by atoms with Gasteiger partial charge in [-0.1, -0.05) is 45.3 Å². The minimum Gasteiger partial charge on any atom is -0.290 e. The molecule has 13 heavy (non-hydrogen) atoms. The van der Waals surface area contributed by atoms with Crippen LogP contribution in [0.3, 0.4) is 0 Å². The zero-order chi connectivity index (χ0) is 9.94. The molecule has 0 aromatic rings. The average Bonchev–Trinajstić information content (AvgIpc) is 2.13. The summed E-state index contributed by atoms with van der Waals surface area (Å²) in [5.74, 6) is 0.115. The Morgan fingerprint density at radius 1 is 1.00 bits per heavy atom. The van der Waals surface area contributed by atoms with E-state index in [0.29, 0.717) is 0 Å². The number of rotatable bonds is 7. The van der Waals surface area contributed by atoms with Crippen LogP contribution < -0.4 is 0 Å². The summed E-state index contributed by atoms with van der Waals surface area (Å²) in [5, 5.41) is 0. The maximum absolute atomic E-state index is 11.1. The third-order valence-electron chi connectivity index (χ3n) is 1.74. The van der Waals surface area contributed by atoms with Gasteiger partial charge in [-0.2, -0.15) is 0 Å². The van der Waals surface area contributed by atoms with Crippen molar-refractivity contribution in [2.24, 2.45) is 0 Å². The van der Waals surface area contributed by atoms with Crippen LogP contribution in [0.1, 0.15) is 46.0 Å². The molecule has 0 saturated carbocycles. The van der Waals surface area contributed by atoms with Gasteiger partial charge in [-0.25, -0.2) is 0 Å². The molecule has 0 atom stereocenters. The van der Waals surface area contributed by atoms with Crippen molar-refractivity contribution in [1.29, 1.82) is 0 Å². The number of hydrogen-bond donors (Lipinski definition) is 0. The molecular weight excluding hydrogens is 160 g/mol. The maximum atomic E-state index is 11.1. The third kappa shape index (κ3) is 9.06. The molecule has 0 amide bonds. The highest BCUT2D eigenvalue weighted by Crippen LogP contribution is 1.96. The monoisotopic (exact) mass is 180 g/mol. The lowest BCUT2D eigenvalue weighted by atomic mass is 10.2. The van der Waals surface area contributed by atoms with Crippen molar-refractivity contribution in [3.63, 3.8) is 0 Å². The second-order valence-corrected chi connectivity index (χ2v) is 3.14. The van der Waals surface area contributed by atoms with Gasteiger partial charge in [-0.05, 0) is 25.0 Å². The van der Waals surface area contributed by atoms with E-state index in [1.54, 1.807) is 12.2 Å². The van der Waals surface area contributed by atoms with E-state index in [0.717, 1.165) is 19.3 Å². The zero-order valence-corrected chi connectivity index (χ0v) is 8.75. The van der Waals surface area contributed by atoms with E-state index in [9.17, 15) is 4.79 Å². The van der Waals surface area contributed by atoms with Gasteiger partial charge in [-0.3, -0.25) is 4.79 Å². The van der Waals surface area contributed by atoms with Gasteiger partial charge in [0.05, 0.1) is 0 Å². The van der Waals surface area contributed by atoms with Crippen LogP contribution in [0.25, 0.3) is 0 Å². The van der Waals surface area contributed by atoms with E-state index >= 15 is 0 Å². The standard InChI is InChI=1S/C12H20O/c1-3-5-7-9-11-12(13)10-8-6-4-2/h8-11H,3-7H2,1-2H3/b10-8+,11-9-. The Labute approximate surface area is 81.5 Å². The molecule has 74 valence electrons. The number of hydrogen-bond acceptors (Lipinski definition) is 1. The zero-order valence-electron chi connectivity index (χ0n) is 8.75. The highest BCUT2D eigenvalue weighted by Gasteiger charge is 1.86. The summed E-state index contributed by atoms with van der Waals surface area (Å²) in [5.41, 5.74) is 0. The first-order valence-electron chi connectivity index (χ1n) is 5.18. The number of unbranched alkanes of at least 4 members (excludes halogenated alkanes) is 3. The van der Waals surface area contributed by atoms with E-state index in [1.807, 2.05) is 12.2 Å². The number of allylic oxidation sites excluding steroid dienone is 4. The first kappa shape index (κ1) is 12.2. The first-order valence-corrected chi connectivity index (χ1v) is 5.18. The molecule has 1 nitrogen and oxygen atoms in total. The lowest BCUT2D eigenvalue weighted by Crippen LogP contribution is -1.84. The molecule has 0 aliphatic heterocycles. The van der Waals surface area contributed by atoms with Crippen LogP contribution in [0.4, 0.5) is 0 Å². The Morgan fingerprint density at radius 2 is 1.62 bits per heavy atom. The highest BCUT2D eigenvalue weighted by molar-refractivity contribution is 5.99. The van der Waals surface area contributed by atoms with Crippen molar-refractivity contribution in [2.45, 2.75) is 46.0 Å². The van der Waals surface area contributed by atoms with E-state index in [1.165, 1.54) is 12.8 Å². The van der Waals surface area contributed by atoms with E-state index < -0.39 is 0 Å². The fraction of sp³-hybridized carbons (Fsp3) is 0.583. The lowest BCUT2D eigenvalue weighted by Gasteiger charge is -1.87. The topological polar surface area (TPSA) is 17.1 Å². The molecule has 0 bridgehead atoms. The molecule has 0 aromatic heterocycles. The summed E-state index contributed by atoms with van der Waals surface area (Å²) in [6.07, 6.45) is 12.7. The van der Waals surface area contributed by atoms with Crippen LogP contribution in [-0.4, -0.2) is 5.78 Å². The van der Waals surface area contributed by atoms with E-state index in [-0.39, 0.29) is 5.78 Å². The molecular formula is C12H20O. The Kier molecular flexibility index (Phi) is 8.64. The normalized spacial score (nSPS) is 11.5. The molecule has 0 aliphatic rings. The first-order chi connectivity index (χ1) is 6.31. The van der Waals surface area contributed by atoms with Crippen LogP contribution in [-0.2, 0) is 4.79 Å². The second-order valence-electron chi connectivity index (χ2n) is 3.14. The average molecular weight is 180 g/mol. The van der Waals surface area contributed by atoms with Crippen molar-refractivity contribution in [1.82, 2.24) is 0 Å². The van der Waals surface area contributed by atoms with Gasteiger partial charge in [0.1, 0.15) is 0 Å². The van der Waals surface area contributed by atoms with Gasteiger partial charge >= 0.3 is 0 Å². The quantitative estimate of drug-likeness (QED) is 0.431. The summed E-state index contributed by atoms with van der Waals surface area (Å²) in [6.45, 7) is 4.25. The molecule has 0 fully saturated rings. The molecule has 0 unspecified atom stereocenters. The Bertz CT molecular complexity index is 178. The Hall–Kier alpha value is -0.850. The van der Waals surface area contributed by atoms with Gasteiger partial charge in [0.15, 0.2) is 5.78 Å². The van der Waals surface area contributed by atoms with Gasteiger partial charge in [0, 0.05) is 0 Å². The Morgan fingerprint density at radius 3 is 2.15 bits per heavy atom.